The number of rotatable bonds is 18. The van der Waals surface area contributed by atoms with Gasteiger partial charge in [0.05, 0.1) is 0 Å². The normalized spacial score (nSPS) is 17.9. The van der Waals surface area contributed by atoms with Gasteiger partial charge in [-0.15, -0.1) is 0 Å². The van der Waals surface area contributed by atoms with Crippen LogP contribution in [-0.4, -0.2) is 37.0 Å². The van der Waals surface area contributed by atoms with Gasteiger partial charge in [0.1, 0.15) is 0 Å². The Morgan fingerprint density at radius 3 is 1.82 bits per heavy atom. The standard InChI is InChI=1S/C30H48N2O/c1-3-4-5-6-7-8-9-10-11-12-13-14-15-16-17-18-19-20-21-26-30(33)31-27-22-24-29-25-23-28-32(29)2/h4-5,7-8,10-11,13-14,16-17,19-20,29H,3,6,9,12,15,18,21-28H2,1-2H3,(H,31,33)/b5-4-,8-7-,11-10-,14-13-,17-16-,20-19-. The number of carbonyl (C=O) groups is 1. The topological polar surface area (TPSA) is 32.3 Å². The Balaban J connectivity index is 1.91. The summed E-state index contributed by atoms with van der Waals surface area (Å²) in [7, 11) is 2.21. The highest BCUT2D eigenvalue weighted by atomic mass is 16.1. The second kappa shape index (κ2) is 21.7. The van der Waals surface area contributed by atoms with Crippen LogP contribution in [0.1, 0.15) is 84.0 Å². The minimum atomic E-state index is 0.175. The van der Waals surface area contributed by atoms with E-state index < -0.39 is 0 Å². The summed E-state index contributed by atoms with van der Waals surface area (Å²) in [6.45, 7) is 4.20. The van der Waals surface area contributed by atoms with E-state index in [1.165, 1.54) is 25.8 Å². The van der Waals surface area contributed by atoms with Crippen LogP contribution in [-0.2, 0) is 4.79 Å². The van der Waals surface area contributed by atoms with E-state index in [4.69, 9.17) is 0 Å². The third-order valence-electron chi connectivity index (χ3n) is 5.84. The summed E-state index contributed by atoms with van der Waals surface area (Å²) < 4.78 is 0. The van der Waals surface area contributed by atoms with Gasteiger partial charge in [0, 0.05) is 19.0 Å². The second-order valence-electron chi connectivity index (χ2n) is 8.72. The van der Waals surface area contributed by atoms with E-state index in [0.29, 0.717) is 6.42 Å². The van der Waals surface area contributed by atoms with Gasteiger partial charge < -0.3 is 10.2 Å². The van der Waals surface area contributed by atoms with Gasteiger partial charge in [-0.05, 0) is 84.2 Å². The molecule has 1 rings (SSSR count). The van der Waals surface area contributed by atoms with Crippen LogP contribution in [0.2, 0.25) is 0 Å². The molecule has 1 unspecified atom stereocenters. The summed E-state index contributed by atoms with van der Waals surface area (Å²) in [6.07, 6.45) is 38.8. The van der Waals surface area contributed by atoms with Crippen LogP contribution < -0.4 is 5.32 Å². The highest BCUT2D eigenvalue weighted by molar-refractivity contribution is 5.75. The van der Waals surface area contributed by atoms with Gasteiger partial charge >= 0.3 is 0 Å². The summed E-state index contributed by atoms with van der Waals surface area (Å²) >= 11 is 0. The summed E-state index contributed by atoms with van der Waals surface area (Å²) in [4.78, 5) is 14.3. The fourth-order valence-corrected chi connectivity index (χ4v) is 3.85. The molecule has 0 aliphatic carbocycles. The lowest BCUT2D eigenvalue weighted by Crippen LogP contribution is -2.28. The number of nitrogens with one attached hydrogen (secondary N) is 1. The molecule has 1 fully saturated rings. The number of nitrogens with zero attached hydrogens (tertiary/aromatic N) is 1. The number of allylic oxidation sites excluding steroid dienone is 12. The van der Waals surface area contributed by atoms with Crippen molar-refractivity contribution in [3.05, 3.63) is 72.9 Å². The Hall–Kier alpha value is -2.13. The second-order valence-corrected chi connectivity index (χ2v) is 8.72. The molecular weight excluding hydrogens is 404 g/mol. The molecule has 1 aliphatic rings. The summed E-state index contributed by atoms with van der Waals surface area (Å²) in [5.74, 6) is 0.175. The Morgan fingerprint density at radius 1 is 0.818 bits per heavy atom. The van der Waals surface area contributed by atoms with Gasteiger partial charge in [0.25, 0.3) is 0 Å². The molecule has 0 saturated carbocycles. The molecule has 1 atom stereocenters. The van der Waals surface area contributed by atoms with Crippen molar-refractivity contribution >= 4 is 5.91 Å². The van der Waals surface area contributed by atoms with Crippen molar-refractivity contribution in [1.29, 1.82) is 0 Å². The zero-order chi connectivity index (χ0) is 23.8. The summed E-state index contributed by atoms with van der Waals surface area (Å²) in [5.41, 5.74) is 0. The number of hydrogen-bond acceptors (Lipinski definition) is 2. The SMILES string of the molecule is CC/C=C\C/C=C\C/C=C\C/C=C\C/C=C\C/C=C\CCC(=O)NCCCC1CCCN1C. The van der Waals surface area contributed by atoms with Gasteiger partial charge in [-0.3, -0.25) is 4.79 Å². The molecule has 0 aromatic rings. The zero-order valence-corrected chi connectivity index (χ0v) is 21.3. The van der Waals surface area contributed by atoms with Crippen molar-refractivity contribution in [1.82, 2.24) is 10.2 Å². The smallest absolute Gasteiger partial charge is 0.220 e. The summed E-state index contributed by atoms with van der Waals surface area (Å²) in [6, 6.07) is 0.723. The van der Waals surface area contributed by atoms with Crippen molar-refractivity contribution < 1.29 is 4.79 Å². The predicted molar refractivity (Wildman–Crippen MR) is 145 cm³/mol. The van der Waals surface area contributed by atoms with E-state index in [-0.39, 0.29) is 5.91 Å². The first-order valence-electron chi connectivity index (χ1n) is 13.1. The zero-order valence-electron chi connectivity index (χ0n) is 21.3. The van der Waals surface area contributed by atoms with E-state index in [9.17, 15) is 4.79 Å². The van der Waals surface area contributed by atoms with Gasteiger partial charge in [-0.2, -0.15) is 0 Å². The van der Waals surface area contributed by atoms with Crippen molar-refractivity contribution in [2.75, 3.05) is 20.1 Å². The van der Waals surface area contributed by atoms with Crippen LogP contribution in [0.25, 0.3) is 0 Å². The van der Waals surface area contributed by atoms with Gasteiger partial charge in [-0.1, -0.05) is 79.8 Å². The fraction of sp³-hybridized carbons (Fsp3) is 0.567. The van der Waals surface area contributed by atoms with Crippen LogP contribution in [0.5, 0.6) is 0 Å². The fourth-order valence-electron chi connectivity index (χ4n) is 3.85. The Morgan fingerprint density at radius 2 is 1.33 bits per heavy atom. The number of carbonyl (C=O) groups excluding carboxylic acids is 1. The van der Waals surface area contributed by atoms with Gasteiger partial charge in [0.15, 0.2) is 0 Å². The molecule has 184 valence electrons. The largest absolute Gasteiger partial charge is 0.356 e. The molecule has 1 N–H and O–H groups in total. The van der Waals surface area contributed by atoms with E-state index in [0.717, 1.165) is 64.0 Å². The molecule has 3 heteroatoms. The monoisotopic (exact) mass is 452 g/mol. The molecule has 1 amide bonds. The minimum Gasteiger partial charge on any atom is -0.356 e. The maximum Gasteiger partial charge on any atom is 0.220 e. The molecule has 1 aliphatic heterocycles. The maximum atomic E-state index is 11.9. The van der Waals surface area contributed by atoms with Gasteiger partial charge in [0.2, 0.25) is 5.91 Å². The number of amides is 1. The van der Waals surface area contributed by atoms with Crippen LogP contribution in [0, 0.1) is 0 Å². The first-order valence-corrected chi connectivity index (χ1v) is 13.1. The van der Waals surface area contributed by atoms with Crippen LogP contribution in [0.15, 0.2) is 72.9 Å². The third kappa shape index (κ3) is 18.0. The Bertz CT molecular complexity index is 654. The lowest BCUT2D eigenvalue weighted by molar-refractivity contribution is -0.121. The van der Waals surface area contributed by atoms with E-state index >= 15 is 0 Å². The molecule has 0 bridgehead atoms. The predicted octanol–water partition coefficient (Wildman–Crippen LogP) is 7.45. The highest BCUT2D eigenvalue weighted by Crippen LogP contribution is 2.18. The van der Waals surface area contributed by atoms with E-state index in [2.05, 4.69) is 97.1 Å². The number of hydrogen-bond donors (Lipinski definition) is 1. The van der Waals surface area contributed by atoms with E-state index in [1.54, 1.807) is 0 Å². The molecule has 1 heterocycles. The third-order valence-corrected chi connectivity index (χ3v) is 5.84. The lowest BCUT2D eigenvalue weighted by atomic mass is 10.1. The maximum absolute atomic E-state index is 11.9. The first kappa shape index (κ1) is 28.9. The van der Waals surface area contributed by atoms with Crippen molar-refractivity contribution in [2.24, 2.45) is 0 Å². The van der Waals surface area contributed by atoms with Crippen molar-refractivity contribution in [3.8, 4) is 0 Å². The summed E-state index contributed by atoms with van der Waals surface area (Å²) in [5, 5.41) is 3.06. The molecule has 33 heavy (non-hydrogen) atoms. The molecular formula is C30H48N2O. The molecule has 0 spiro atoms. The molecule has 1 saturated heterocycles. The average molecular weight is 453 g/mol. The van der Waals surface area contributed by atoms with E-state index in [1.807, 2.05) is 0 Å². The minimum absolute atomic E-state index is 0.175. The van der Waals surface area contributed by atoms with Gasteiger partial charge in [-0.25, -0.2) is 0 Å². The van der Waals surface area contributed by atoms with Crippen LogP contribution >= 0.6 is 0 Å². The quantitative estimate of drug-likeness (QED) is 0.173. The Kier molecular flexibility index (Phi) is 19.0. The number of likely N-dealkylation sites (tertiary alicyclic amines) is 1. The molecule has 3 nitrogen and oxygen atoms in total. The highest BCUT2D eigenvalue weighted by Gasteiger charge is 2.19. The van der Waals surface area contributed by atoms with Crippen LogP contribution in [0.3, 0.4) is 0 Å². The first-order chi connectivity index (χ1) is 16.2. The molecule has 0 aromatic heterocycles. The molecule has 0 radical (unpaired) electrons. The Labute approximate surface area is 204 Å². The average Bonchev–Trinajstić information content (AvgIpc) is 3.22. The van der Waals surface area contributed by atoms with Crippen molar-refractivity contribution in [2.45, 2.75) is 90.0 Å². The van der Waals surface area contributed by atoms with Crippen LogP contribution in [0.4, 0.5) is 0 Å². The molecule has 0 aromatic carbocycles. The van der Waals surface area contributed by atoms with Crippen molar-refractivity contribution in [3.63, 3.8) is 0 Å². The lowest BCUT2D eigenvalue weighted by Gasteiger charge is -2.19.